The van der Waals surface area contributed by atoms with E-state index in [1.54, 1.807) is 7.11 Å². The molecule has 0 spiro atoms. The van der Waals surface area contributed by atoms with Crippen LogP contribution >= 0.6 is 0 Å². The topological polar surface area (TPSA) is 37.0 Å². The quantitative estimate of drug-likeness (QED) is 0.827. The molecule has 0 radical (unpaired) electrons. The molecule has 2 aromatic rings. The van der Waals surface area contributed by atoms with Crippen LogP contribution in [0, 0.1) is 0 Å². The van der Waals surface area contributed by atoms with Crippen molar-refractivity contribution in [2.24, 2.45) is 0 Å². The fourth-order valence-corrected chi connectivity index (χ4v) is 1.74. The lowest BCUT2D eigenvalue weighted by Gasteiger charge is -2.07. The van der Waals surface area contributed by atoms with E-state index in [4.69, 9.17) is 4.74 Å². The molecule has 0 bridgehead atoms. The smallest absolute Gasteiger partial charge is 0.119 e. The predicted octanol–water partition coefficient (Wildman–Crippen LogP) is 2.67. The van der Waals surface area contributed by atoms with Gasteiger partial charge in [0.25, 0.3) is 0 Å². The highest BCUT2D eigenvalue weighted by molar-refractivity contribution is 5.84. The molecule has 86 valence electrons. The molecule has 0 saturated carbocycles. The Balaban J connectivity index is 2.30. The van der Waals surface area contributed by atoms with Crippen molar-refractivity contribution >= 4 is 10.9 Å². The first-order chi connectivity index (χ1) is 7.70. The third-order valence-electron chi connectivity index (χ3n) is 2.68. The third-order valence-corrected chi connectivity index (χ3v) is 2.68. The number of H-pyrrole nitrogens is 1. The van der Waals surface area contributed by atoms with E-state index in [2.05, 4.69) is 36.4 Å². The van der Waals surface area contributed by atoms with Gasteiger partial charge in [-0.1, -0.05) is 13.8 Å². The molecular weight excluding hydrogens is 200 g/mol. The van der Waals surface area contributed by atoms with E-state index in [-0.39, 0.29) is 0 Å². The Kier molecular flexibility index (Phi) is 3.15. The number of ether oxygens (including phenoxy) is 1. The fourth-order valence-electron chi connectivity index (χ4n) is 1.74. The first-order valence-corrected chi connectivity index (χ1v) is 5.58. The lowest BCUT2D eigenvalue weighted by Crippen LogP contribution is -2.21. The van der Waals surface area contributed by atoms with Crippen LogP contribution in [0.4, 0.5) is 0 Å². The summed E-state index contributed by atoms with van der Waals surface area (Å²) in [5.41, 5.74) is 2.43. The summed E-state index contributed by atoms with van der Waals surface area (Å²) in [7, 11) is 1.69. The highest BCUT2D eigenvalue weighted by atomic mass is 16.5. The second kappa shape index (κ2) is 4.58. The Morgan fingerprint density at radius 3 is 2.88 bits per heavy atom. The summed E-state index contributed by atoms with van der Waals surface area (Å²) in [4.78, 5) is 3.27. The lowest BCUT2D eigenvalue weighted by atomic mass is 10.1. The molecule has 0 aliphatic rings. The second-order valence-electron chi connectivity index (χ2n) is 4.26. The Labute approximate surface area is 95.8 Å². The van der Waals surface area contributed by atoms with Crippen LogP contribution in [0.2, 0.25) is 0 Å². The highest BCUT2D eigenvalue weighted by Gasteiger charge is 2.05. The van der Waals surface area contributed by atoms with E-state index in [1.807, 2.05) is 12.1 Å². The van der Waals surface area contributed by atoms with Crippen molar-refractivity contribution in [3.05, 3.63) is 30.0 Å². The average Bonchev–Trinajstić information content (AvgIpc) is 2.68. The van der Waals surface area contributed by atoms with Gasteiger partial charge in [-0.2, -0.15) is 0 Å². The number of fused-ring (bicyclic) bond motifs is 1. The van der Waals surface area contributed by atoms with Crippen molar-refractivity contribution in [3.63, 3.8) is 0 Å². The standard InChI is InChI=1S/C13H18N2O/c1-9(2)14-7-10-8-15-13-5-4-11(16-3)6-12(10)13/h4-6,8-9,14-15H,7H2,1-3H3. The lowest BCUT2D eigenvalue weighted by molar-refractivity contribution is 0.415. The summed E-state index contributed by atoms with van der Waals surface area (Å²) >= 11 is 0. The van der Waals surface area contributed by atoms with Crippen molar-refractivity contribution in [3.8, 4) is 5.75 Å². The second-order valence-corrected chi connectivity index (χ2v) is 4.26. The van der Waals surface area contributed by atoms with Crippen LogP contribution in [0.25, 0.3) is 10.9 Å². The molecule has 16 heavy (non-hydrogen) atoms. The molecule has 1 heterocycles. The monoisotopic (exact) mass is 218 g/mol. The van der Waals surface area contributed by atoms with Crippen LogP contribution in [-0.2, 0) is 6.54 Å². The summed E-state index contributed by atoms with van der Waals surface area (Å²) in [6.45, 7) is 5.18. The van der Waals surface area contributed by atoms with Crippen molar-refractivity contribution < 1.29 is 4.74 Å². The summed E-state index contributed by atoms with van der Waals surface area (Å²) in [6, 6.07) is 6.59. The van der Waals surface area contributed by atoms with E-state index in [0.29, 0.717) is 6.04 Å². The van der Waals surface area contributed by atoms with Crippen LogP contribution in [0.3, 0.4) is 0 Å². The number of hydrogen-bond acceptors (Lipinski definition) is 2. The molecule has 2 N–H and O–H groups in total. The average molecular weight is 218 g/mol. The molecule has 0 atom stereocenters. The summed E-state index contributed by atoms with van der Waals surface area (Å²) in [5, 5.41) is 4.65. The molecule has 0 saturated heterocycles. The van der Waals surface area contributed by atoms with E-state index in [0.717, 1.165) is 17.8 Å². The Bertz CT molecular complexity index is 474. The minimum atomic E-state index is 0.496. The molecule has 0 fully saturated rings. The maximum atomic E-state index is 5.24. The van der Waals surface area contributed by atoms with Gasteiger partial charge >= 0.3 is 0 Å². The van der Waals surface area contributed by atoms with Gasteiger partial charge in [-0.05, 0) is 23.8 Å². The SMILES string of the molecule is COc1ccc2[nH]cc(CNC(C)C)c2c1. The molecule has 3 nitrogen and oxygen atoms in total. The van der Waals surface area contributed by atoms with Crippen molar-refractivity contribution in [1.29, 1.82) is 0 Å². The summed E-state index contributed by atoms with van der Waals surface area (Å²) in [5.74, 6) is 0.901. The Hall–Kier alpha value is -1.48. The van der Waals surface area contributed by atoms with Gasteiger partial charge in [0, 0.05) is 29.7 Å². The number of methoxy groups -OCH3 is 1. The van der Waals surface area contributed by atoms with E-state index in [9.17, 15) is 0 Å². The van der Waals surface area contributed by atoms with Crippen LogP contribution in [-0.4, -0.2) is 18.1 Å². The maximum absolute atomic E-state index is 5.24. The van der Waals surface area contributed by atoms with Gasteiger partial charge in [0.15, 0.2) is 0 Å². The van der Waals surface area contributed by atoms with Gasteiger partial charge in [0.1, 0.15) is 5.75 Å². The molecule has 0 aliphatic heterocycles. The summed E-state index contributed by atoms with van der Waals surface area (Å²) < 4.78 is 5.24. The molecule has 1 aromatic heterocycles. The largest absolute Gasteiger partial charge is 0.497 e. The maximum Gasteiger partial charge on any atom is 0.119 e. The van der Waals surface area contributed by atoms with Crippen LogP contribution in [0.5, 0.6) is 5.75 Å². The molecule has 1 aromatic carbocycles. The van der Waals surface area contributed by atoms with Gasteiger partial charge in [-0.25, -0.2) is 0 Å². The first kappa shape index (κ1) is 11.0. The zero-order valence-corrected chi connectivity index (χ0v) is 10.0. The van der Waals surface area contributed by atoms with Crippen molar-refractivity contribution in [2.75, 3.05) is 7.11 Å². The number of hydrogen-bond donors (Lipinski definition) is 2. The minimum Gasteiger partial charge on any atom is -0.497 e. The number of nitrogens with one attached hydrogen (secondary N) is 2. The fraction of sp³-hybridized carbons (Fsp3) is 0.385. The molecule has 2 rings (SSSR count). The number of aromatic amines is 1. The van der Waals surface area contributed by atoms with E-state index in [1.165, 1.54) is 10.9 Å². The third kappa shape index (κ3) is 2.19. The Morgan fingerprint density at radius 2 is 2.19 bits per heavy atom. The molecule has 3 heteroatoms. The Morgan fingerprint density at radius 1 is 1.38 bits per heavy atom. The van der Waals surface area contributed by atoms with E-state index < -0.39 is 0 Å². The minimum absolute atomic E-state index is 0.496. The van der Waals surface area contributed by atoms with Gasteiger partial charge < -0.3 is 15.0 Å². The van der Waals surface area contributed by atoms with Crippen LogP contribution in [0.1, 0.15) is 19.4 Å². The zero-order chi connectivity index (χ0) is 11.5. The normalized spacial score (nSPS) is 11.2. The number of rotatable bonds is 4. The predicted molar refractivity (Wildman–Crippen MR) is 66.8 cm³/mol. The first-order valence-electron chi connectivity index (χ1n) is 5.58. The summed E-state index contributed by atoms with van der Waals surface area (Å²) in [6.07, 6.45) is 2.06. The molecule has 0 aliphatic carbocycles. The highest BCUT2D eigenvalue weighted by Crippen LogP contribution is 2.23. The number of benzene rings is 1. The van der Waals surface area contributed by atoms with Crippen molar-refractivity contribution in [1.82, 2.24) is 10.3 Å². The van der Waals surface area contributed by atoms with E-state index >= 15 is 0 Å². The molecule has 0 unspecified atom stereocenters. The van der Waals surface area contributed by atoms with Crippen molar-refractivity contribution in [2.45, 2.75) is 26.4 Å². The van der Waals surface area contributed by atoms with Crippen LogP contribution in [0.15, 0.2) is 24.4 Å². The van der Waals surface area contributed by atoms with Gasteiger partial charge in [-0.3, -0.25) is 0 Å². The molecular formula is C13H18N2O. The van der Waals surface area contributed by atoms with Gasteiger partial charge in [-0.15, -0.1) is 0 Å². The molecule has 0 amide bonds. The number of aromatic nitrogens is 1. The van der Waals surface area contributed by atoms with Gasteiger partial charge in [0.05, 0.1) is 7.11 Å². The zero-order valence-electron chi connectivity index (χ0n) is 10.0. The van der Waals surface area contributed by atoms with Crippen LogP contribution < -0.4 is 10.1 Å². The van der Waals surface area contributed by atoms with Gasteiger partial charge in [0.2, 0.25) is 0 Å².